The zero-order valence-corrected chi connectivity index (χ0v) is 15.9. The van der Waals surface area contributed by atoms with Crippen LogP contribution in [0.1, 0.15) is 46.5 Å². The van der Waals surface area contributed by atoms with Gasteiger partial charge in [0.05, 0.1) is 4.47 Å². The minimum Gasteiger partial charge on any atom is -0.444 e. The SMILES string of the molecule is CC(C)(C)OC(=O)N[C@H]1CC[C@H](Nc2nc(Cl)ncc2Br)CC1. The van der Waals surface area contributed by atoms with Gasteiger partial charge in [0.2, 0.25) is 5.28 Å². The van der Waals surface area contributed by atoms with Crippen molar-refractivity contribution < 1.29 is 9.53 Å². The van der Waals surface area contributed by atoms with Crippen LogP contribution in [0, 0.1) is 0 Å². The number of hydrogen-bond acceptors (Lipinski definition) is 5. The van der Waals surface area contributed by atoms with Crippen LogP contribution in [0.15, 0.2) is 10.7 Å². The molecule has 1 aromatic rings. The molecule has 23 heavy (non-hydrogen) atoms. The molecular weight excluding hydrogens is 384 g/mol. The van der Waals surface area contributed by atoms with Crippen LogP contribution in [-0.4, -0.2) is 33.7 Å². The minimum atomic E-state index is -0.471. The van der Waals surface area contributed by atoms with Crippen LogP contribution in [0.25, 0.3) is 0 Å². The Morgan fingerprint density at radius 2 is 1.91 bits per heavy atom. The molecule has 1 aromatic heterocycles. The van der Waals surface area contributed by atoms with Crippen molar-refractivity contribution >= 4 is 39.4 Å². The normalized spacial score (nSPS) is 21.6. The summed E-state index contributed by atoms with van der Waals surface area (Å²) < 4.78 is 6.08. The van der Waals surface area contributed by atoms with Crippen molar-refractivity contribution in [3.05, 3.63) is 16.0 Å². The molecule has 8 heteroatoms. The van der Waals surface area contributed by atoms with E-state index >= 15 is 0 Å². The van der Waals surface area contributed by atoms with Crippen molar-refractivity contribution in [1.29, 1.82) is 0 Å². The number of nitrogens with zero attached hydrogens (tertiary/aromatic N) is 2. The first-order chi connectivity index (χ1) is 10.7. The number of ether oxygens (including phenoxy) is 1. The van der Waals surface area contributed by atoms with Crippen molar-refractivity contribution in [3.63, 3.8) is 0 Å². The van der Waals surface area contributed by atoms with E-state index in [1.165, 1.54) is 0 Å². The Balaban J connectivity index is 1.80. The molecular formula is C15H22BrClN4O2. The predicted molar refractivity (Wildman–Crippen MR) is 93.8 cm³/mol. The third-order valence-corrected chi connectivity index (χ3v) is 4.27. The fraction of sp³-hybridized carbons (Fsp3) is 0.667. The van der Waals surface area contributed by atoms with E-state index in [4.69, 9.17) is 16.3 Å². The van der Waals surface area contributed by atoms with Gasteiger partial charge in [-0.3, -0.25) is 0 Å². The van der Waals surface area contributed by atoms with Gasteiger partial charge in [0.1, 0.15) is 11.4 Å². The second-order valence-electron chi connectivity index (χ2n) is 6.67. The molecule has 1 saturated carbocycles. The average Bonchev–Trinajstić information content (AvgIpc) is 2.43. The molecule has 1 heterocycles. The summed E-state index contributed by atoms with van der Waals surface area (Å²) in [4.78, 5) is 19.9. The molecule has 1 aliphatic carbocycles. The van der Waals surface area contributed by atoms with Gasteiger partial charge in [0, 0.05) is 18.3 Å². The summed E-state index contributed by atoms with van der Waals surface area (Å²) in [5.74, 6) is 0.702. The summed E-state index contributed by atoms with van der Waals surface area (Å²) in [6.45, 7) is 5.58. The molecule has 6 nitrogen and oxygen atoms in total. The molecule has 0 aliphatic heterocycles. The van der Waals surface area contributed by atoms with Gasteiger partial charge in [-0.1, -0.05) is 0 Å². The lowest BCUT2D eigenvalue weighted by molar-refractivity contribution is 0.0492. The highest BCUT2D eigenvalue weighted by Crippen LogP contribution is 2.26. The minimum absolute atomic E-state index is 0.153. The largest absolute Gasteiger partial charge is 0.444 e. The van der Waals surface area contributed by atoms with Gasteiger partial charge in [0.25, 0.3) is 0 Å². The van der Waals surface area contributed by atoms with Gasteiger partial charge in [-0.2, -0.15) is 4.98 Å². The van der Waals surface area contributed by atoms with E-state index in [9.17, 15) is 4.79 Å². The Hall–Kier alpha value is -1.08. The number of aromatic nitrogens is 2. The predicted octanol–water partition coefficient (Wildman–Crippen LogP) is 4.14. The number of carbonyl (C=O) groups is 1. The third-order valence-electron chi connectivity index (χ3n) is 3.50. The van der Waals surface area contributed by atoms with E-state index < -0.39 is 5.60 Å². The van der Waals surface area contributed by atoms with Crippen molar-refractivity contribution in [2.75, 3.05) is 5.32 Å². The van der Waals surface area contributed by atoms with E-state index in [0.717, 1.165) is 30.2 Å². The highest BCUT2D eigenvalue weighted by Gasteiger charge is 2.25. The Bertz CT molecular complexity index is 557. The molecule has 1 amide bonds. The first-order valence-electron chi connectivity index (χ1n) is 7.67. The van der Waals surface area contributed by atoms with Crippen LogP contribution in [-0.2, 0) is 4.74 Å². The third kappa shape index (κ3) is 6.14. The van der Waals surface area contributed by atoms with Gasteiger partial charge < -0.3 is 15.4 Å². The lowest BCUT2D eigenvalue weighted by Gasteiger charge is -2.30. The number of amides is 1. The van der Waals surface area contributed by atoms with Gasteiger partial charge in [-0.05, 0) is 74.0 Å². The molecule has 0 spiro atoms. The van der Waals surface area contributed by atoms with Crippen LogP contribution >= 0.6 is 27.5 Å². The summed E-state index contributed by atoms with van der Waals surface area (Å²) in [6, 6.07) is 0.453. The first kappa shape index (κ1) is 18.3. The topological polar surface area (TPSA) is 76.1 Å². The molecule has 0 radical (unpaired) electrons. The van der Waals surface area contributed by atoms with Crippen molar-refractivity contribution in [2.45, 2.75) is 64.1 Å². The van der Waals surface area contributed by atoms with Crippen molar-refractivity contribution in [1.82, 2.24) is 15.3 Å². The number of anilines is 1. The highest BCUT2D eigenvalue weighted by molar-refractivity contribution is 9.10. The molecule has 1 aliphatic rings. The Morgan fingerprint density at radius 1 is 1.30 bits per heavy atom. The summed E-state index contributed by atoms with van der Waals surface area (Å²) in [6.07, 6.45) is 4.95. The molecule has 2 N–H and O–H groups in total. The lowest BCUT2D eigenvalue weighted by atomic mass is 9.91. The second kappa shape index (κ2) is 7.66. The average molecular weight is 406 g/mol. The maximum absolute atomic E-state index is 11.8. The fourth-order valence-electron chi connectivity index (χ4n) is 2.50. The van der Waals surface area contributed by atoms with Crippen LogP contribution in [0.3, 0.4) is 0 Å². The molecule has 0 aromatic carbocycles. The molecule has 128 valence electrons. The Kier molecular flexibility index (Phi) is 6.08. The van der Waals surface area contributed by atoms with Gasteiger partial charge in [-0.25, -0.2) is 9.78 Å². The number of hydrogen-bond donors (Lipinski definition) is 2. The van der Waals surface area contributed by atoms with Crippen LogP contribution < -0.4 is 10.6 Å². The highest BCUT2D eigenvalue weighted by atomic mass is 79.9. The summed E-state index contributed by atoms with van der Waals surface area (Å²) >= 11 is 9.23. The fourth-order valence-corrected chi connectivity index (χ4v) is 2.94. The summed E-state index contributed by atoms with van der Waals surface area (Å²) in [7, 11) is 0. The molecule has 0 saturated heterocycles. The molecule has 1 fully saturated rings. The van der Waals surface area contributed by atoms with E-state index in [1.54, 1.807) is 6.20 Å². The van der Waals surface area contributed by atoms with Crippen LogP contribution in [0.5, 0.6) is 0 Å². The van der Waals surface area contributed by atoms with E-state index in [0.29, 0.717) is 11.9 Å². The Morgan fingerprint density at radius 3 is 2.52 bits per heavy atom. The van der Waals surface area contributed by atoms with E-state index in [2.05, 4.69) is 36.5 Å². The number of carbonyl (C=O) groups excluding carboxylic acids is 1. The number of alkyl carbamates (subject to hydrolysis) is 1. The van der Waals surface area contributed by atoms with Gasteiger partial charge in [0.15, 0.2) is 0 Å². The van der Waals surface area contributed by atoms with Crippen molar-refractivity contribution in [3.8, 4) is 0 Å². The number of nitrogens with one attached hydrogen (secondary N) is 2. The molecule has 2 rings (SSSR count). The number of halogens is 2. The van der Waals surface area contributed by atoms with Crippen LogP contribution in [0.2, 0.25) is 5.28 Å². The quantitative estimate of drug-likeness (QED) is 0.739. The maximum atomic E-state index is 11.8. The van der Waals surface area contributed by atoms with E-state index in [-0.39, 0.29) is 17.4 Å². The number of rotatable bonds is 3. The summed E-state index contributed by atoms with van der Waals surface area (Å²) in [5.41, 5.74) is -0.471. The first-order valence-corrected chi connectivity index (χ1v) is 8.84. The smallest absolute Gasteiger partial charge is 0.407 e. The van der Waals surface area contributed by atoms with Gasteiger partial charge in [-0.15, -0.1) is 0 Å². The molecule has 0 atom stereocenters. The standard InChI is InChI=1S/C15H22BrClN4O2/c1-15(2,3)23-14(22)20-10-6-4-9(5-7-10)19-12-11(16)8-18-13(17)21-12/h8-10H,4-7H2,1-3H3,(H,20,22)(H,18,19,21)/t9-,10-. The Labute approximate surface area is 149 Å². The maximum Gasteiger partial charge on any atom is 0.407 e. The second-order valence-corrected chi connectivity index (χ2v) is 7.87. The van der Waals surface area contributed by atoms with Crippen molar-refractivity contribution in [2.24, 2.45) is 0 Å². The molecule has 0 unspecified atom stereocenters. The lowest BCUT2D eigenvalue weighted by Crippen LogP contribution is -2.42. The van der Waals surface area contributed by atoms with Crippen LogP contribution in [0.4, 0.5) is 10.6 Å². The zero-order valence-electron chi connectivity index (χ0n) is 13.5. The van der Waals surface area contributed by atoms with Gasteiger partial charge >= 0.3 is 6.09 Å². The zero-order chi connectivity index (χ0) is 17.0. The van der Waals surface area contributed by atoms with E-state index in [1.807, 2.05) is 20.8 Å². The molecule has 0 bridgehead atoms. The monoisotopic (exact) mass is 404 g/mol. The summed E-state index contributed by atoms with van der Waals surface area (Å²) in [5, 5.41) is 6.53.